The SMILES string of the molecule is CN=C(NCCCOCCOC)NCC(c1ccc(C)s1)N1CCOCC1.I. The molecule has 1 aromatic heterocycles. The first kappa shape index (κ1) is 25.6. The minimum Gasteiger partial charge on any atom is -0.382 e. The van der Waals surface area contributed by atoms with E-state index in [4.69, 9.17) is 14.2 Å². The molecule has 1 aliphatic heterocycles. The first-order chi connectivity index (χ1) is 13.2. The van der Waals surface area contributed by atoms with Gasteiger partial charge in [-0.25, -0.2) is 0 Å². The number of methoxy groups -OCH3 is 1. The molecule has 162 valence electrons. The van der Waals surface area contributed by atoms with E-state index in [1.54, 1.807) is 7.11 Å². The molecule has 2 rings (SSSR count). The first-order valence-electron chi connectivity index (χ1n) is 9.64. The normalized spacial score (nSPS) is 16.5. The molecule has 9 heteroatoms. The molecular weight excluding hydrogens is 491 g/mol. The van der Waals surface area contributed by atoms with Gasteiger partial charge in [0, 0.05) is 56.7 Å². The quantitative estimate of drug-likeness (QED) is 0.200. The van der Waals surface area contributed by atoms with Crippen LogP contribution < -0.4 is 10.6 Å². The van der Waals surface area contributed by atoms with Crippen molar-refractivity contribution in [1.29, 1.82) is 0 Å². The number of aliphatic imine (C=N–C) groups is 1. The second-order valence-electron chi connectivity index (χ2n) is 6.45. The number of nitrogens with one attached hydrogen (secondary N) is 2. The van der Waals surface area contributed by atoms with Gasteiger partial charge in [0.2, 0.25) is 0 Å². The average Bonchev–Trinajstić information content (AvgIpc) is 3.12. The van der Waals surface area contributed by atoms with Crippen molar-refractivity contribution in [2.45, 2.75) is 19.4 Å². The largest absolute Gasteiger partial charge is 0.382 e. The summed E-state index contributed by atoms with van der Waals surface area (Å²) in [4.78, 5) is 9.58. The molecule has 1 saturated heterocycles. The van der Waals surface area contributed by atoms with Gasteiger partial charge in [0.1, 0.15) is 0 Å². The summed E-state index contributed by atoms with van der Waals surface area (Å²) in [6, 6.07) is 4.78. The van der Waals surface area contributed by atoms with Crippen molar-refractivity contribution in [2.75, 3.05) is 73.4 Å². The maximum atomic E-state index is 5.52. The Bertz CT molecular complexity index is 553. The van der Waals surface area contributed by atoms with E-state index >= 15 is 0 Å². The minimum atomic E-state index is 0. The van der Waals surface area contributed by atoms with Crippen LogP contribution in [0.3, 0.4) is 0 Å². The summed E-state index contributed by atoms with van der Waals surface area (Å²) in [5.74, 6) is 0.832. The molecular formula is C19H35IN4O3S. The van der Waals surface area contributed by atoms with Crippen molar-refractivity contribution in [2.24, 2.45) is 4.99 Å². The van der Waals surface area contributed by atoms with Crippen LogP contribution in [0.4, 0.5) is 0 Å². The molecule has 1 unspecified atom stereocenters. The summed E-state index contributed by atoms with van der Waals surface area (Å²) in [6.45, 7) is 9.35. The lowest BCUT2D eigenvalue weighted by Gasteiger charge is -2.34. The summed E-state index contributed by atoms with van der Waals surface area (Å²) in [6.07, 6.45) is 0.932. The lowest BCUT2D eigenvalue weighted by molar-refractivity contribution is 0.0177. The third-order valence-electron chi connectivity index (χ3n) is 4.45. The van der Waals surface area contributed by atoms with Gasteiger partial charge in [0.05, 0.1) is 32.5 Å². The van der Waals surface area contributed by atoms with Gasteiger partial charge in [-0.2, -0.15) is 0 Å². The third-order valence-corrected chi connectivity index (χ3v) is 5.55. The average molecular weight is 526 g/mol. The Morgan fingerprint density at radius 1 is 1.25 bits per heavy atom. The Balaban J connectivity index is 0.00000392. The van der Waals surface area contributed by atoms with Crippen LogP contribution in [0.15, 0.2) is 17.1 Å². The molecule has 0 aromatic carbocycles. The molecule has 1 aliphatic rings. The highest BCUT2D eigenvalue weighted by molar-refractivity contribution is 14.0. The van der Waals surface area contributed by atoms with E-state index in [-0.39, 0.29) is 24.0 Å². The fraction of sp³-hybridized carbons (Fsp3) is 0.737. The number of rotatable bonds is 11. The summed E-state index contributed by atoms with van der Waals surface area (Å²) < 4.78 is 16.0. The van der Waals surface area contributed by atoms with Gasteiger partial charge < -0.3 is 24.8 Å². The molecule has 0 amide bonds. The van der Waals surface area contributed by atoms with Crippen LogP contribution in [0.5, 0.6) is 0 Å². The maximum Gasteiger partial charge on any atom is 0.191 e. The molecule has 2 N–H and O–H groups in total. The number of aryl methyl sites for hydroxylation is 1. The monoisotopic (exact) mass is 526 g/mol. The van der Waals surface area contributed by atoms with Crippen molar-refractivity contribution in [1.82, 2.24) is 15.5 Å². The van der Waals surface area contributed by atoms with Gasteiger partial charge in [-0.15, -0.1) is 35.3 Å². The highest BCUT2D eigenvalue weighted by Crippen LogP contribution is 2.27. The number of nitrogens with zero attached hydrogens (tertiary/aromatic N) is 2. The minimum absolute atomic E-state index is 0. The molecule has 0 radical (unpaired) electrons. The summed E-state index contributed by atoms with van der Waals surface area (Å²) >= 11 is 1.87. The zero-order valence-corrected chi connectivity index (χ0v) is 20.4. The molecule has 7 nitrogen and oxygen atoms in total. The summed E-state index contributed by atoms with van der Waals surface area (Å²) in [5.41, 5.74) is 0. The number of hydrogen-bond donors (Lipinski definition) is 2. The lowest BCUT2D eigenvalue weighted by Crippen LogP contribution is -2.46. The van der Waals surface area contributed by atoms with Crippen molar-refractivity contribution in [3.8, 4) is 0 Å². The molecule has 0 bridgehead atoms. The lowest BCUT2D eigenvalue weighted by atomic mass is 10.2. The predicted molar refractivity (Wildman–Crippen MR) is 126 cm³/mol. The van der Waals surface area contributed by atoms with Gasteiger partial charge in [-0.1, -0.05) is 0 Å². The zero-order valence-electron chi connectivity index (χ0n) is 17.2. The maximum absolute atomic E-state index is 5.52. The van der Waals surface area contributed by atoms with Crippen LogP contribution in [0.2, 0.25) is 0 Å². The number of hydrogen-bond acceptors (Lipinski definition) is 6. The second kappa shape index (κ2) is 15.4. The van der Waals surface area contributed by atoms with Crippen LogP contribution >= 0.6 is 35.3 Å². The van der Waals surface area contributed by atoms with Crippen molar-refractivity contribution in [3.05, 3.63) is 21.9 Å². The van der Waals surface area contributed by atoms with Crippen LogP contribution in [-0.4, -0.2) is 84.2 Å². The third kappa shape index (κ3) is 9.36. The molecule has 28 heavy (non-hydrogen) atoms. The number of morpholine rings is 1. The smallest absolute Gasteiger partial charge is 0.191 e. The van der Waals surface area contributed by atoms with E-state index in [9.17, 15) is 0 Å². The van der Waals surface area contributed by atoms with Crippen LogP contribution in [-0.2, 0) is 14.2 Å². The number of guanidine groups is 1. The molecule has 0 saturated carbocycles. The predicted octanol–water partition coefficient (Wildman–Crippen LogP) is 2.27. The highest BCUT2D eigenvalue weighted by Gasteiger charge is 2.24. The molecule has 2 heterocycles. The molecule has 0 aliphatic carbocycles. The number of ether oxygens (including phenoxy) is 3. The standard InChI is InChI=1S/C19H34N4O3S.HI/c1-16-5-6-18(27-16)17(23-8-11-26-12-9-23)15-22-19(20-2)21-7-4-10-25-14-13-24-3;/h5-6,17H,4,7-15H2,1-3H3,(H2,20,21,22);1H. The van der Waals surface area contributed by atoms with E-state index in [0.717, 1.165) is 58.4 Å². The van der Waals surface area contributed by atoms with Crippen LogP contribution in [0.1, 0.15) is 22.2 Å². The van der Waals surface area contributed by atoms with Gasteiger partial charge in [-0.3, -0.25) is 9.89 Å². The fourth-order valence-corrected chi connectivity index (χ4v) is 3.98. The van der Waals surface area contributed by atoms with Crippen LogP contribution in [0.25, 0.3) is 0 Å². The van der Waals surface area contributed by atoms with Gasteiger partial charge >= 0.3 is 0 Å². The van der Waals surface area contributed by atoms with E-state index in [2.05, 4.69) is 39.6 Å². The Morgan fingerprint density at radius 2 is 2.04 bits per heavy atom. The zero-order chi connectivity index (χ0) is 19.3. The van der Waals surface area contributed by atoms with Crippen molar-refractivity contribution in [3.63, 3.8) is 0 Å². The topological polar surface area (TPSA) is 67.4 Å². The van der Waals surface area contributed by atoms with E-state index in [1.807, 2.05) is 18.4 Å². The summed E-state index contributed by atoms with van der Waals surface area (Å²) in [5, 5.41) is 6.85. The first-order valence-corrected chi connectivity index (χ1v) is 10.5. The Hall–Kier alpha value is -0.460. The molecule has 1 fully saturated rings. The Labute approximate surface area is 190 Å². The number of halogens is 1. The number of thiophene rings is 1. The van der Waals surface area contributed by atoms with Crippen molar-refractivity contribution < 1.29 is 14.2 Å². The molecule has 0 spiro atoms. The molecule has 1 atom stereocenters. The van der Waals surface area contributed by atoms with E-state index < -0.39 is 0 Å². The highest BCUT2D eigenvalue weighted by atomic mass is 127. The molecule has 1 aromatic rings. The van der Waals surface area contributed by atoms with Gasteiger partial charge in [0.15, 0.2) is 5.96 Å². The van der Waals surface area contributed by atoms with Gasteiger partial charge in [0.25, 0.3) is 0 Å². The fourth-order valence-electron chi connectivity index (χ4n) is 2.97. The van der Waals surface area contributed by atoms with E-state index in [0.29, 0.717) is 19.3 Å². The Morgan fingerprint density at radius 3 is 2.68 bits per heavy atom. The summed E-state index contributed by atoms with van der Waals surface area (Å²) in [7, 11) is 3.49. The van der Waals surface area contributed by atoms with E-state index in [1.165, 1.54) is 9.75 Å². The van der Waals surface area contributed by atoms with Crippen molar-refractivity contribution >= 4 is 41.3 Å². The van der Waals surface area contributed by atoms with Crippen LogP contribution in [0, 0.1) is 6.92 Å². The second-order valence-corrected chi connectivity index (χ2v) is 7.77. The van der Waals surface area contributed by atoms with Gasteiger partial charge in [-0.05, 0) is 25.5 Å². The Kier molecular flexibility index (Phi) is 14.1.